The van der Waals surface area contributed by atoms with Gasteiger partial charge in [-0.1, -0.05) is 30.3 Å². The van der Waals surface area contributed by atoms with Gasteiger partial charge >= 0.3 is 0 Å². The molecule has 1 N–H and O–H groups in total. The van der Waals surface area contributed by atoms with Crippen LogP contribution in [0.2, 0.25) is 0 Å². The minimum absolute atomic E-state index is 0.193. The molecule has 6 nitrogen and oxygen atoms in total. The Morgan fingerprint density at radius 3 is 2.42 bits per heavy atom. The summed E-state index contributed by atoms with van der Waals surface area (Å²) < 4.78 is 0. The lowest BCUT2D eigenvalue weighted by molar-refractivity contribution is 0.0945. The van der Waals surface area contributed by atoms with Crippen molar-refractivity contribution < 1.29 is 4.79 Å². The van der Waals surface area contributed by atoms with Crippen LogP contribution in [0.25, 0.3) is 0 Å². The maximum absolute atomic E-state index is 12.0. The normalized spacial score (nSPS) is 10.7. The Hall–Kier alpha value is -2.47. The summed E-state index contributed by atoms with van der Waals surface area (Å²) in [6.45, 7) is 5.03. The molecule has 0 saturated heterocycles. The lowest BCUT2D eigenvalue weighted by Gasteiger charge is -2.21. The predicted molar refractivity (Wildman–Crippen MR) is 96.1 cm³/mol. The molecular formula is C18H25N5O. The van der Waals surface area contributed by atoms with Crippen LogP contribution in [0, 0.1) is 0 Å². The van der Waals surface area contributed by atoms with Gasteiger partial charge in [-0.2, -0.15) is 0 Å². The maximum atomic E-state index is 12.0. The van der Waals surface area contributed by atoms with E-state index >= 15 is 0 Å². The van der Waals surface area contributed by atoms with Crippen molar-refractivity contribution in [1.82, 2.24) is 20.4 Å². The van der Waals surface area contributed by atoms with Crippen molar-refractivity contribution in [1.29, 1.82) is 0 Å². The second-order valence-corrected chi connectivity index (χ2v) is 5.84. The summed E-state index contributed by atoms with van der Waals surface area (Å²) in [4.78, 5) is 16.2. The number of likely N-dealkylation sites (N-methyl/N-ethyl adjacent to an activating group) is 1. The van der Waals surface area contributed by atoms with E-state index in [0.717, 1.165) is 25.5 Å². The third-order valence-corrected chi connectivity index (χ3v) is 3.65. The maximum Gasteiger partial charge on any atom is 0.271 e. The number of carbonyl (C=O) groups excluding carboxylic acids is 1. The molecule has 0 fully saturated rings. The second kappa shape index (κ2) is 8.98. The van der Waals surface area contributed by atoms with Crippen molar-refractivity contribution >= 4 is 11.7 Å². The SMILES string of the molecule is CCN(Cc1ccccc1)c1ccc(C(=O)NCCN(C)C)nn1. The Balaban J connectivity index is 1.97. The Kier molecular flexibility index (Phi) is 6.69. The lowest BCUT2D eigenvalue weighted by atomic mass is 10.2. The Labute approximate surface area is 143 Å². The van der Waals surface area contributed by atoms with Gasteiger partial charge in [0.1, 0.15) is 0 Å². The summed E-state index contributed by atoms with van der Waals surface area (Å²) in [6, 6.07) is 13.8. The van der Waals surface area contributed by atoms with Gasteiger partial charge < -0.3 is 15.1 Å². The number of benzene rings is 1. The number of anilines is 1. The quantitative estimate of drug-likeness (QED) is 0.801. The zero-order valence-corrected chi connectivity index (χ0v) is 14.6. The van der Waals surface area contributed by atoms with Gasteiger partial charge in [-0.15, -0.1) is 10.2 Å². The number of nitrogens with zero attached hydrogens (tertiary/aromatic N) is 4. The van der Waals surface area contributed by atoms with Crippen molar-refractivity contribution in [2.24, 2.45) is 0 Å². The number of hydrogen-bond donors (Lipinski definition) is 1. The highest BCUT2D eigenvalue weighted by Crippen LogP contribution is 2.13. The lowest BCUT2D eigenvalue weighted by Crippen LogP contribution is -2.32. The largest absolute Gasteiger partial charge is 0.351 e. The van der Waals surface area contributed by atoms with Crippen LogP contribution >= 0.6 is 0 Å². The van der Waals surface area contributed by atoms with Crippen molar-refractivity contribution in [3.8, 4) is 0 Å². The number of amides is 1. The molecule has 2 rings (SSSR count). The molecule has 1 aromatic carbocycles. The molecule has 6 heteroatoms. The van der Waals surface area contributed by atoms with Crippen LogP contribution < -0.4 is 10.2 Å². The van der Waals surface area contributed by atoms with Gasteiger partial charge in [0.2, 0.25) is 0 Å². The van der Waals surface area contributed by atoms with Crippen LogP contribution in [0.3, 0.4) is 0 Å². The van der Waals surface area contributed by atoms with E-state index < -0.39 is 0 Å². The number of nitrogens with one attached hydrogen (secondary N) is 1. The molecule has 0 unspecified atom stereocenters. The fourth-order valence-electron chi connectivity index (χ4n) is 2.26. The Morgan fingerprint density at radius 1 is 1.08 bits per heavy atom. The van der Waals surface area contributed by atoms with E-state index in [1.165, 1.54) is 5.56 Å². The first-order valence-corrected chi connectivity index (χ1v) is 8.15. The third-order valence-electron chi connectivity index (χ3n) is 3.65. The van der Waals surface area contributed by atoms with Gasteiger partial charge in [-0.3, -0.25) is 4.79 Å². The fraction of sp³-hybridized carbons (Fsp3) is 0.389. The molecule has 24 heavy (non-hydrogen) atoms. The molecular weight excluding hydrogens is 302 g/mol. The summed E-state index contributed by atoms with van der Waals surface area (Å²) in [5.41, 5.74) is 1.56. The molecule has 0 aliphatic carbocycles. The number of carbonyl (C=O) groups is 1. The van der Waals surface area contributed by atoms with Crippen LogP contribution in [-0.2, 0) is 6.54 Å². The van der Waals surface area contributed by atoms with Crippen molar-refractivity contribution in [2.75, 3.05) is 38.6 Å². The molecule has 0 aliphatic rings. The van der Waals surface area contributed by atoms with Crippen LogP contribution in [0.1, 0.15) is 23.0 Å². The monoisotopic (exact) mass is 327 g/mol. The second-order valence-electron chi connectivity index (χ2n) is 5.84. The van der Waals surface area contributed by atoms with Gasteiger partial charge in [-0.05, 0) is 38.7 Å². The van der Waals surface area contributed by atoms with E-state index in [4.69, 9.17) is 0 Å². The van der Waals surface area contributed by atoms with Crippen LogP contribution in [-0.4, -0.2) is 54.7 Å². The Bertz CT molecular complexity index is 628. The molecule has 0 bridgehead atoms. The number of aromatic nitrogens is 2. The molecule has 0 aliphatic heterocycles. The molecule has 0 radical (unpaired) electrons. The van der Waals surface area contributed by atoms with Crippen LogP contribution in [0.5, 0.6) is 0 Å². The van der Waals surface area contributed by atoms with E-state index in [-0.39, 0.29) is 5.91 Å². The minimum atomic E-state index is -0.193. The zero-order chi connectivity index (χ0) is 17.4. The van der Waals surface area contributed by atoms with Gasteiger partial charge in [0.25, 0.3) is 5.91 Å². The standard InChI is InChI=1S/C18H25N5O/c1-4-23(14-15-8-6-5-7-9-15)17-11-10-16(20-21-17)18(24)19-12-13-22(2)3/h5-11H,4,12-14H2,1-3H3,(H,19,24). The number of rotatable bonds is 8. The molecule has 1 aromatic heterocycles. The van der Waals surface area contributed by atoms with E-state index in [1.807, 2.05) is 43.3 Å². The summed E-state index contributed by atoms with van der Waals surface area (Å²) in [6.07, 6.45) is 0. The minimum Gasteiger partial charge on any atom is -0.351 e. The first kappa shape index (κ1) is 17.9. The first-order chi connectivity index (χ1) is 11.6. The van der Waals surface area contributed by atoms with Gasteiger partial charge in [0.05, 0.1) is 0 Å². The average molecular weight is 327 g/mol. The summed E-state index contributed by atoms with van der Waals surface area (Å²) in [7, 11) is 3.93. The highest BCUT2D eigenvalue weighted by Gasteiger charge is 2.11. The smallest absolute Gasteiger partial charge is 0.271 e. The molecule has 0 spiro atoms. The molecule has 128 valence electrons. The van der Waals surface area contributed by atoms with E-state index in [2.05, 4.69) is 39.5 Å². The fourth-order valence-corrected chi connectivity index (χ4v) is 2.26. The van der Waals surface area contributed by atoms with Crippen molar-refractivity contribution in [2.45, 2.75) is 13.5 Å². The van der Waals surface area contributed by atoms with E-state index in [1.54, 1.807) is 6.07 Å². The molecule has 0 saturated carbocycles. The third kappa shape index (κ3) is 5.31. The molecule has 1 heterocycles. The molecule has 0 atom stereocenters. The molecule has 2 aromatic rings. The van der Waals surface area contributed by atoms with E-state index in [0.29, 0.717) is 12.2 Å². The van der Waals surface area contributed by atoms with E-state index in [9.17, 15) is 4.79 Å². The summed E-state index contributed by atoms with van der Waals surface area (Å²) >= 11 is 0. The highest BCUT2D eigenvalue weighted by molar-refractivity contribution is 5.92. The zero-order valence-electron chi connectivity index (χ0n) is 14.6. The van der Waals surface area contributed by atoms with Crippen molar-refractivity contribution in [3.05, 3.63) is 53.7 Å². The van der Waals surface area contributed by atoms with Crippen LogP contribution in [0.15, 0.2) is 42.5 Å². The Morgan fingerprint density at radius 2 is 1.83 bits per heavy atom. The predicted octanol–water partition coefficient (Wildman–Crippen LogP) is 1.79. The first-order valence-electron chi connectivity index (χ1n) is 8.15. The summed E-state index contributed by atoms with van der Waals surface area (Å²) in [5.74, 6) is 0.577. The summed E-state index contributed by atoms with van der Waals surface area (Å²) in [5, 5.41) is 11.1. The topological polar surface area (TPSA) is 61.4 Å². The van der Waals surface area contributed by atoms with Gasteiger partial charge in [-0.25, -0.2) is 0 Å². The van der Waals surface area contributed by atoms with Crippen molar-refractivity contribution in [3.63, 3.8) is 0 Å². The highest BCUT2D eigenvalue weighted by atomic mass is 16.1. The van der Waals surface area contributed by atoms with Gasteiger partial charge in [0.15, 0.2) is 11.5 Å². The van der Waals surface area contributed by atoms with Crippen LogP contribution in [0.4, 0.5) is 5.82 Å². The molecule has 1 amide bonds. The number of hydrogen-bond acceptors (Lipinski definition) is 5. The average Bonchev–Trinajstić information content (AvgIpc) is 2.60. The van der Waals surface area contributed by atoms with Gasteiger partial charge in [0, 0.05) is 26.2 Å².